The summed E-state index contributed by atoms with van der Waals surface area (Å²) in [5.41, 5.74) is 1.80. The van der Waals surface area contributed by atoms with E-state index in [1.807, 2.05) is 24.1 Å². The average molecular weight is 337 g/mol. The molecule has 0 bridgehead atoms. The highest BCUT2D eigenvalue weighted by Gasteiger charge is 2.13. The molecule has 0 radical (unpaired) electrons. The monoisotopic (exact) mass is 337 g/mol. The van der Waals surface area contributed by atoms with E-state index in [1.54, 1.807) is 0 Å². The van der Waals surface area contributed by atoms with Crippen LogP contribution in [0.15, 0.2) is 60.7 Å². The van der Waals surface area contributed by atoms with E-state index in [9.17, 15) is 15.3 Å². The Hall–Kier alpha value is -2.56. The number of phenols is 2. The Kier molecular flexibility index (Phi) is 5.22. The molecule has 0 saturated carbocycles. The van der Waals surface area contributed by atoms with Gasteiger partial charge in [0.1, 0.15) is 11.5 Å². The summed E-state index contributed by atoms with van der Waals surface area (Å²) in [5.74, 6) is -0.0973. The molecule has 0 aliphatic carbocycles. The van der Waals surface area contributed by atoms with Crippen LogP contribution in [0.5, 0.6) is 11.5 Å². The molecule has 3 aromatic rings. The zero-order valence-corrected chi connectivity index (χ0v) is 14.3. The number of fused-ring (bicyclic) bond motifs is 1. The number of aromatic hydroxyl groups is 2. The lowest BCUT2D eigenvalue weighted by Gasteiger charge is -2.21. The van der Waals surface area contributed by atoms with Gasteiger partial charge in [-0.25, -0.2) is 0 Å². The second kappa shape index (κ2) is 7.55. The van der Waals surface area contributed by atoms with Crippen LogP contribution in [-0.4, -0.2) is 40.4 Å². The Morgan fingerprint density at radius 2 is 1.60 bits per heavy atom. The van der Waals surface area contributed by atoms with Gasteiger partial charge in [0.25, 0.3) is 0 Å². The van der Waals surface area contributed by atoms with Crippen molar-refractivity contribution in [3.05, 3.63) is 71.8 Å². The number of aliphatic hydroxyl groups excluding tert-OH is 1. The zero-order valence-electron chi connectivity index (χ0n) is 14.3. The van der Waals surface area contributed by atoms with Crippen LogP contribution in [-0.2, 0) is 6.42 Å². The number of nitrogens with zero attached hydrogens (tertiary/aromatic N) is 1. The predicted octanol–water partition coefficient (Wildman–Crippen LogP) is 3.46. The predicted molar refractivity (Wildman–Crippen MR) is 99.9 cm³/mol. The van der Waals surface area contributed by atoms with Gasteiger partial charge < -0.3 is 20.2 Å². The van der Waals surface area contributed by atoms with Crippen LogP contribution in [0, 0.1) is 0 Å². The third-order valence-electron chi connectivity index (χ3n) is 4.44. The fourth-order valence-corrected chi connectivity index (χ4v) is 3.12. The van der Waals surface area contributed by atoms with Crippen molar-refractivity contribution in [3.8, 4) is 11.5 Å². The van der Waals surface area contributed by atoms with Crippen LogP contribution in [0.4, 0.5) is 0 Å². The minimum atomic E-state index is -0.768. The Morgan fingerprint density at radius 1 is 0.920 bits per heavy atom. The highest BCUT2D eigenvalue weighted by atomic mass is 16.3. The van der Waals surface area contributed by atoms with E-state index >= 15 is 0 Å². The minimum Gasteiger partial charge on any atom is -0.508 e. The van der Waals surface area contributed by atoms with Gasteiger partial charge in [0, 0.05) is 19.2 Å². The summed E-state index contributed by atoms with van der Waals surface area (Å²) in [6.07, 6.45) is 0.117. The smallest absolute Gasteiger partial charge is 0.119 e. The first-order valence-electron chi connectivity index (χ1n) is 8.39. The molecule has 0 unspecified atom stereocenters. The maximum absolute atomic E-state index is 10.3. The summed E-state index contributed by atoms with van der Waals surface area (Å²) in [7, 11) is 1.96. The van der Waals surface area contributed by atoms with E-state index < -0.39 is 6.10 Å². The normalized spacial score (nSPS) is 12.6. The molecule has 1 atom stereocenters. The van der Waals surface area contributed by atoms with Gasteiger partial charge >= 0.3 is 0 Å². The standard InChI is InChI=1S/C21H23NO3/c1-22(14-21(25)17-11-18(23)13-19(24)12-17)10-9-16-7-4-6-15-5-2-3-8-20(15)16/h2-8,11-13,21,23-25H,9-10,14H2,1H3/t21-/m1/s1. The van der Waals surface area contributed by atoms with Crippen molar-refractivity contribution < 1.29 is 15.3 Å². The van der Waals surface area contributed by atoms with Gasteiger partial charge in [-0.05, 0) is 47.5 Å². The summed E-state index contributed by atoms with van der Waals surface area (Å²) >= 11 is 0. The molecule has 3 N–H and O–H groups in total. The van der Waals surface area contributed by atoms with E-state index in [0.717, 1.165) is 13.0 Å². The van der Waals surface area contributed by atoms with Crippen LogP contribution in [0.1, 0.15) is 17.2 Å². The summed E-state index contributed by atoms with van der Waals surface area (Å²) in [5, 5.41) is 31.9. The van der Waals surface area contributed by atoms with Crippen molar-refractivity contribution in [1.29, 1.82) is 0 Å². The lowest BCUT2D eigenvalue weighted by atomic mass is 10.0. The average Bonchev–Trinajstić information content (AvgIpc) is 2.59. The van der Waals surface area contributed by atoms with Gasteiger partial charge in [0.15, 0.2) is 0 Å². The van der Waals surface area contributed by atoms with Crippen LogP contribution in [0.2, 0.25) is 0 Å². The second-order valence-corrected chi connectivity index (χ2v) is 6.45. The summed E-state index contributed by atoms with van der Waals surface area (Å²) in [6.45, 7) is 1.23. The Morgan fingerprint density at radius 3 is 2.36 bits per heavy atom. The topological polar surface area (TPSA) is 63.9 Å². The van der Waals surface area contributed by atoms with E-state index in [2.05, 4.69) is 30.3 Å². The third-order valence-corrected chi connectivity index (χ3v) is 4.44. The molecule has 3 aromatic carbocycles. The molecular formula is C21H23NO3. The van der Waals surface area contributed by atoms with E-state index in [-0.39, 0.29) is 11.5 Å². The molecule has 3 rings (SSSR count). The molecule has 130 valence electrons. The van der Waals surface area contributed by atoms with Gasteiger partial charge in [-0.15, -0.1) is 0 Å². The maximum Gasteiger partial charge on any atom is 0.119 e. The molecule has 0 spiro atoms. The van der Waals surface area contributed by atoms with Crippen LogP contribution in [0.25, 0.3) is 10.8 Å². The Balaban J connectivity index is 1.63. The van der Waals surface area contributed by atoms with Gasteiger partial charge in [-0.3, -0.25) is 0 Å². The van der Waals surface area contributed by atoms with Gasteiger partial charge in [0.2, 0.25) is 0 Å². The first kappa shape index (κ1) is 17.3. The van der Waals surface area contributed by atoms with Gasteiger partial charge in [-0.2, -0.15) is 0 Å². The van der Waals surface area contributed by atoms with E-state index in [0.29, 0.717) is 12.1 Å². The molecule has 4 heteroatoms. The number of rotatable bonds is 6. The van der Waals surface area contributed by atoms with Crippen molar-refractivity contribution in [2.45, 2.75) is 12.5 Å². The van der Waals surface area contributed by atoms with E-state index in [1.165, 1.54) is 34.5 Å². The SMILES string of the molecule is CN(CCc1cccc2ccccc12)C[C@@H](O)c1cc(O)cc(O)c1. The molecule has 0 aliphatic heterocycles. The van der Waals surface area contributed by atoms with Gasteiger partial charge in [-0.1, -0.05) is 42.5 Å². The fraction of sp³-hybridized carbons (Fsp3) is 0.238. The summed E-state index contributed by atoms with van der Waals surface area (Å²) in [4.78, 5) is 2.05. The molecule has 0 heterocycles. The second-order valence-electron chi connectivity index (χ2n) is 6.45. The van der Waals surface area contributed by atoms with E-state index in [4.69, 9.17) is 0 Å². The largest absolute Gasteiger partial charge is 0.508 e. The lowest BCUT2D eigenvalue weighted by molar-refractivity contribution is 0.127. The molecule has 0 fully saturated rings. The van der Waals surface area contributed by atoms with Crippen molar-refractivity contribution >= 4 is 10.8 Å². The first-order valence-corrected chi connectivity index (χ1v) is 8.39. The van der Waals surface area contributed by atoms with Gasteiger partial charge in [0.05, 0.1) is 6.10 Å². The van der Waals surface area contributed by atoms with Crippen molar-refractivity contribution in [2.24, 2.45) is 0 Å². The maximum atomic E-state index is 10.3. The summed E-state index contributed by atoms with van der Waals surface area (Å²) < 4.78 is 0. The van der Waals surface area contributed by atoms with Crippen molar-refractivity contribution in [1.82, 2.24) is 4.90 Å². The fourth-order valence-electron chi connectivity index (χ4n) is 3.12. The van der Waals surface area contributed by atoms with Crippen molar-refractivity contribution in [2.75, 3.05) is 20.1 Å². The third kappa shape index (κ3) is 4.29. The quantitative estimate of drug-likeness (QED) is 0.644. The highest BCUT2D eigenvalue weighted by molar-refractivity contribution is 5.85. The number of benzene rings is 3. The molecule has 0 aromatic heterocycles. The molecule has 25 heavy (non-hydrogen) atoms. The Bertz CT molecular complexity index is 837. The number of likely N-dealkylation sites (N-methyl/N-ethyl adjacent to an activating group) is 1. The minimum absolute atomic E-state index is 0.0486. The zero-order chi connectivity index (χ0) is 17.8. The number of phenolic OH excluding ortho intramolecular Hbond substituents is 2. The molecule has 4 nitrogen and oxygen atoms in total. The summed E-state index contributed by atoms with van der Waals surface area (Å²) in [6, 6.07) is 18.9. The van der Waals surface area contributed by atoms with Crippen LogP contribution < -0.4 is 0 Å². The highest BCUT2D eigenvalue weighted by Crippen LogP contribution is 2.25. The molecule has 0 aliphatic rings. The Labute approximate surface area is 147 Å². The molecular weight excluding hydrogens is 314 g/mol. The molecule has 0 saturated heterocycles. The van der Waals surface area contributed by atoms with Crippen molar-refractivity contribution in [3.63, 3.8) is 0 Å². The number of hydrogen-bond acceptors (Lipinski definition) is 4. The number of aliphatic hydroxyl groups is 1. The van der Waals surface area contributed by atoms with Crippen LogP contribution >= 0.6 is 0 Å². The molecule has 0 amide bonds. The first-order chi connectivity index (χ1) is 12.0. The lowest BCUT2D eigenvalue weighted by Crippen LogP contribution is -2.26. The van der Waals surface area contributed by atoms with Crippen LogP contribution in [0.3, 0.4) is 0 Å². The number of hydrogen-bond donors (Lipinski definition) is 3.